The molecule has 0 amide bonds. The summed E-state index contributed by atoms with van der Waals surface area (Å²) < 4.78 is 0. The smallest absolute Gasteiger partial charge is 0.185 e. The topological polar surface area (TPSA) is 28.2 Å². The van der Waals surface area contributed by atoms with E-state index in [9.17, 15) is 0 Å². The number of hydrogen-bond donors (Lipinski definition) is 1. The van der Waals surface area contributed by atoms with Gasteiger partial charge in [-0.2, -0.15) is 0 Å². The number of rotatable bonds is 5. The van der Waals surface area contributed by atoms with Gasteiger partial charge in [0, 0.05) is 30.6 Å². The van der Waals surface area contributed by atoms with Crippen LogP contribution < -0.4 is 10.2 Å². The molecule has 3 nitrogen and oxygen atoms in total. The molecule has 1 N–H and O–H groups in total. The summed E-state index contributed by atoms with van der Waals surface area (Å²) >= 11 is 1.84. The summed E-state index contributed by atoms with van der Waals surface area (Å²) in [7, 11) is 0. The molecule has 1 aliphatic heterocycles. The van der Waals surface area contributed by atoms with E-state index in [1.165, 1.54) is 55.9 Å². The monoisotopic (exact) mass is 293 g/mol. The molecule has 2 aliphatic rings. The highest BCUT2D eigenvalue weighted by Crippen LogP contribution is 2.38. The number of anilines is 1. The van der Waals surface area contributed by atoms with Gasteiger partial charge in [0.2, 0.25) is 0 Å². The molecule has 1 aromatic rings. The largest absolute Gasteiger partial charge is 0.345 e. The van der Waals surface area contributed by atoms with Crippen LogP contribution in [0.3, 0.4) is 0 Å². The molecule has 4 heteroatoms. The summed E-state index contributed by atoms with van der Waals surface area (Å²) in [5, 5.41) is 6.95. The third-order valence-corrected chi connectivity index (χ3v) is 5.65. The molecule has 0 radical (unpaired) electrons. The Kier molecular flexibility index (Phi) is 4.61. The molecule has 1 atom stereocenters. The fraction of sp³-hybridized carbons (Fsp3) is 0.812. The third-order valence-electron chi connectivity index (χ3n) is 4.72. The predicted molar refractivity (Wildman–Crippen MR) is 86.4 cm³/mol. The maximum absolute atomic E-state index is 4.87. The zero-order chi connectivity index (χ0) is 13.9. The van der Waals surface area contributed by atoms with Crippen LogP contribution in [0.1, 0.15) is 58.1 Å². The second kappa shape index (κ2) is 6.44. The fourth-order valence-corrected chi connectivity index (χ4v) is 4.59. The van der Waals surface area contributed by atoms with Crippen LogP contribution in [0.2, 0.25) is 0 Å². The Morgan fingerprint density at radius 1 is 1.30 bits per heavy atom. The summed E-state index contributed by atoms with van der Waals surface area (Å²) in [4.78, 5) is 7.48. The standard InChI is InChI=1S/C16H27N3S/c1-12(2)17-10-14-11-20-16(18-14)19-9-5-8-15(19)13-6-3-4-7-13/h11-13,15,17H,3-10H2,1-2H3. The lowest BCUT2D eigenvalue weighted by molar-refractivity contribution is 0.430. The van der Waals surface area contributed by atoms with E-state index in [1.807, 2.05) is 11.3 Å². The van der Waals surface area contributed by atoms with Crippen molar-refractivity contribution in [3.05, 3.63) is 11.1 Å². The minimum absolute atomic E-state index is 0.526. The van der Waals surface area contributed by atoms with E-state index < -0.39 is 0 Å². The maximum Gasteiger partial charge on any atom is 0.185 e. The number of nitrogens with zero attached hydrogens (tertiary/aromatic N) is 2. The van der Waals surface area contributed by atoms with Crippen molar-refractivity contribution in [1.82, 2.24) is 10.3 Å². The second-order valence-electron chi connectivity index (χ2n) is 6.60. The van der Waals surface area contributed by atoms with Crippen molar-refractivity contribution in [1.29, 1.82) is 0 Å². The minimum atomic E-state index is 0.526. The quantitative estimate of drug-likeness (QED) is 0.895. The lowest BCUT2D eigenvalue weighted by Gasteiger charge is -2.29. The van der Waals surface area contributed by atoms with Gasteiger partial charge in [0.15, 0.2) is 5.13 Å². The molecule has 0 spiro atoms. The first-order chi connectivity index (χ1) is 9.74. The lowest BCUT2D eigenvalue weighted by Crippen LogP contribution is -2.34. The SMILES string of the molecule is CC(C)NCc1csc(N2CCCC2C2CCCC2)n1. The van der Waals surface area contributed by atoms with Gasteiger partial charge in [0.25, 0.3) is 0 Å². The second-order valence-corrected chi connectivity index (χ2v) is 7.44. The highest BCUT2D eigenvalue weighted by Gasteiger charge is 2.34. The molecule has 2 heterocycles. The van der Waals surface area contributed by atoms with Crippen LogP contribution in [0.5, 0.6) is 0 Å². The van der Waals surface area contributed by atoms with Crippen LogP contribution in [0.4, 0.5) is 5.13 Å². The van der Waals surface area contributed by atoms with Gasteiger partial charge in [-0.1, -0.05) is 26.7 Å². The third kappa shape index (κ3) is 3.17. The zero-order valence-electron chi connectivity index (χ0n) is 12.8. The summed E-state index contributed by atoms with van der Waals surface area (Å²) in [6.45, 7) is 6.48. The van der Waals surface area contributed by atoms with Crippen LogP contribution in [-0.4, -0.2) is 23.6 Å². The molecule has 20 heavy (non-hydrogen) atoms. The molecule has 1 aliphatic carbocycles. The molecule has 1 unspecified atom stereocenters. The van der Waals surface area contributed by atoms with Gasteiger partial charge in [-0.25, -0.2) is 4.98 Å². The highest BCUT2D eigenvalue weighted by atomic mass is 32.1. The Labute approximate surface area is 126 Å². The first kappa shape index (κ1) is 14.3. The first-order valence-electron chi connectivity index (χ1n) is 8.18. The minimum Gasteiger partial charge on any atom is -0.345 e. The van der Waals surface area contributed by atoms with Crippen molar-refractivity contribution in [3.8, 4) is 0 Å². The zero-order valence-corrected chi connectivity index (χ0v) is 13.6. The Bertz CT molecular complexity index is 423. The van der Waals surface area contributed by atoms with Crippen LogP contribution in [-0.2, 0) is 6.54 Å². The van der Waals surface area contributed by atoms with E-state index in [0.717, 1.165) is 18.5 Å². The summed E-state index contributed by atoms with van der Waals surface area (Å²) in [6.07, 6.45) is 8.49. The molecular weight excluding hydrogens is 266 g/mol. The summed E-state index contributed by atoms with van der Waals surface area (Å²) in [5.41, 5.74) is 1.20. The van der Waals surface area contributed by atoms with Gasteiger partial charge in [-0.05, 0) is 31.6 Å². The fourth-order valence-electron chi connectivity index (χ4n) is 3.68. The highest BCUT2D eigenvalue weighted by molar-refractivity contribution is 7.13. The first-order valence-corrected chi connectivity index (χ1v) is 9.06. The van der Waals surface area contributed by atoms with E-state index in [-0.39, 0.29) is 0 Å². The van der Waals surface area contributed by atoms with Crippen molar-refractivity contribution < 1.29 is 0 Å². The van der Waals surface area contributed by atoms with Crippen LogP contribution in [0.15, 0.2) is 5.38 Å². The van der Waals surface area contributed by atoms with E-state index in [0.29, 0.717) is 6.04 Å². The summed E-state index contributed by atoms with van der Waals surface area (Å²) in [5.74, 6) is 0.929. The van der Waals surface area contributed by atoms with E-state index >= 15 is 0 Å². The van der Waals surface area contributed by atoms with Crippen LogP contribution in [0, 0.1) is 5.92 Å². The maximum atomic E-state index is 4.87. The van der Waals surface area contributed by atoms with Crippen molar-refractivity contribution in [2.75, 3.05) is 11.4 Å². The van der Waals surface area contributed by atoms with Crippen molar-refractivity contribution in [2.24, 2.45) is 5.92 Å². The molecule has 2 fully saturated rings. The van der Waals surface area contributed by atoms with Gasteiger partial charge in [0.1, 0.15) is 0 Å². The Balaban J connectivity index is 1.65. The molecule has 1 saturated carbocycles. The van der Waals surface area contributed by atoms with Crippen LogP contribution >= 0.6 is 11.3 Å². The van der Waals surface area contributed by atoms with E-state index in [2.05, 4.69) is 29.4 Å². The molecule has 1 saturated heterocycles. The van der Waals surface area contributed by atoms with E-state index in [4.69, 9.17) is 4.98 Å². The molecule has 0 bridgehead atoms. The van der Waals surface area contributed by atoms with Crippen molar-refractivity contribution in [2.45, 2.75) is 71.0 Å². The predicted octanol–water partition coefficient (Wildman–Crippen LogP) is 3.80. The molecular formula is C16H27N3S. The average molecular weight is 293 g/mol. The lowest BCUT2D eigenvalue weighted by atomic mass is 9.96. The number of hydrogen-bond acceptors (Lipinski definition) is 4. The molecule has 0 aromatic carbocycles. The number of nitrogens with one attached hydrogen (secondary N) is 1. The number of aromatic nitrogens is 1. The normalized spacial score (nSPS) is 24.1. The number of thiazole rings is 1. The Hall–Kier alpha value is -0.610. The van der Waals surface area contributed by atoms with Crippen molar-refractivity contribution in [3.63, 3.8) is 0 Å². The van der Waals surface area contributed by atoms with Gasteiger partial charge in [0.05, 0.1) is 5.69 Å². The average Bonchev–Trinajstić information content (AvgIpc) is 3.15. The van der Waals surface area contributed by atoms with E-state index in [1.54, 1.807) is 0 Å². The van der Waals surface area contributed by atoms with Crippen molar-refractivity contribution >= 4 is 16.5 Å². The Morgan fingerprint density at radius 3 is 2.85 bits per heavy atom. The molecule has 112 valence electrons. The van der Waals surface area contributed by atoms with Gasteiger partial charge < -0.3 is 10.2 Å². The van der Waals surface area contributed by atoms with Gasteiger partial charge >= 0.3 is 0 Å². The van der Waals surface area contributed by atoms with Gasteiger partial charge in [-0.15, -0.1) is 11.3 Å². The Morgan fingerprint density at radius 2 is 2.10 bits per heavy atom. The summed E-state index contributed by atoms with van der Waals surface area (Å²) in [6, 6.07) is 1.30. The molecule has 3 rings (SSSR count). The van der Waals surface area contributed by atoms with Gasteiger partial charge in [-0.3, -0.25) is 0 Å². The molecule has 1 aromatic heterocycles. The van der Waals surface area contributed by atoms with Crippen LogP contribution in [0.25, 0.3) is 0 Å².